The zero-order chi connectivity index (χ0) is 18.1. The van der Waals surface area contributed by atoms with Crippen LogP contribution in [0.4, 0.5) is 29.7 Å². The fourth-order valence-electron chi connectivity index (χ4n) is 2.99. The van der Waals surface area contributed by atoms with Crippen molar-refractivity contribution in [3.05, 3.63) is 23.8 Å². The van der Waals surface area contributed by atoms with E-state index in [0.717, 1.165) is 17.0 Å². The van der Waals surface area contributed by atoms with Crippen molar-refractivity contribution < 1.29 is 28.2 Å². The Labute approximate surface area is 149 Å². The Morgan fingerprint density at radius 3 is 2.27 bits per heavy atom. The molecule has 2 heterocycles. The average molecular weight is 372 g/mol. The minimum absolute atomic E-state index is 0. The number of carboxylic acid groups (broad SMARTS) is 1. The minimum Gasteiger partial charge on any atom is -0.465 e. The summed E-state index contributed by atoms with van der Waals surface area (Å²) in [6.07, 6.45) is -2.27. The zero-order valence-corrected chi connectivity index (χ0v) is 13.3. The number of ether oxygens (including phenoxy) is 1. The summed E-state index contributed by atoms with van der Waals surface area (Å²) in [6, 6.07) is 2.14. The van der Waals surface area contributed by atoms with Gasteiger partial charge in [0.05, 0.1) is 12.2 Å². The summed E-state index contributed by atoms with van der Waals surface area (Å²) < 4.78 is 34.0. The smallest absolute Gasteiger partial charge is 0.414 e. The van der Waals surface area contributed by atoms with Crippen LogP contribution in [-0.2, 0) is 4.74 Å². The first-order valence-electron chi connectivity index (χ1n) is 7.80. The molecule has 3 N–H and O–H groups in total. The Morgan fingerprint density at radius 1 is 1.23 bits per heavy atom. The third-order valence-corrected chi connectivity index (χ3v) is 4.32. The van der Waals surface area contributed by atoms with Gasteiger partial charge >= 0.3 is 12.2 Å². The fourth-order valence-corrected chi connectivity index (χ4v) is 2.99. The van der Waals surface area contributed by atoms with Crippen LogP contribution in [0, 0.1) is 11.6 Å². The van der Waals surface area contributed by atoms with Gasteiger partial charge in [-0.15, -0.1) is 0 Å². The van der Waals surface area contributed by atoms with Crippen LogP contribution in [0.15, 0.2) is 12.1 Å². The third-order valence-electron chi connectivity index (χ3n) is 4.32. The van der Waals surface area contributed by atoms with Gasteiger partial charge in [0.1, 0.15) is 11.8 Å². The second kappa shape index (κ2) is 7.73. The van der Waals surface area contributed by atoms with Crippen molar-refractivity contribution >= 4 is 23.6 Å². The largest absolute Gasteiger partial charge is 0.465 e. The summed E-state index contributed by atoms with van der Waals surface area (Å²) in [5, 5.41) is 8.93. The standard InChI is InChI=1S/C15H18F2N4O4.CH4/c16-11-5-9(21-8-10(7-18)25-15(21)24)6-12(17)13(11)19-1-3-20(4-2-19)14(22)23;/h5-6,10H,1-4,7-8,18H2,(H,22,23);1H4. The summed E-state index contributed by atoms with van der Waals surface area (Å²) in [4.78, 5) is 26.5. The maximum absolute atomic E-state index is 14.5. The maximum atomic E-state index is 14.5. The number of piperazine rings is 1. The second-order valence-corrected chi connectivity index (χ2v) is 5.87. The predicted molar refractivity (Wildman–Crippen MR) is 91.6 cm³/mol. The van der Waals surface area contributed by atoms with Gasteiger partial charge in [0.25, 0.3) is 0 Å². The molecular weight excluding hydrogens is 350 g/mol. The van der Waals surface area contributed by atoms with Crippen LogP contribution >= 0.6 is 0 Å². The molecule has 0 aliphatic carbocycles. The molecule has 0 bridgehead atoms. The van der Waals surface area contributed by atoms with Crippen LogP contribution < -0.4 is 15.5 Å². The van der Waals surface area contributed by atoms with Gasteiger partial charge in [0, 0.05) is 44.9 Å². The summed E-state index contributed by atoms with van der Waals surface area (Å²) in [5.74, 6) is -1.63. The number of halogens is 2. The molecular formula is C16H22F2N4O4. The molecule has 8 nitrogen and oxygen atoms in total. The van der Waals surface area contributed by atoms with Gasteiger partial charge in [-0.25, -0.2) is 18.4 Å². The lowest BCUT2D eigenvalue weighted by Crippen LogP contribution is -2.48. The van der Waals surface area contributed by atoms with Gasteiger partial charge < -0.3 is 25.4 Å². The van der Waals surface area contributed by atoms with Gasteiger partial charge in [-0.1, -0.05) is 7.43 Å². The van der Waals surface area contributed by atoms with E-state index >= 15 is 0 Å². The number of hydrogen-bond acceptors (Lipinski definition) is 5. The van der Waals surface area contributed by atoms with E-state index in [1.807, 2.05) is 0 Å². The minimum atomic E-state index is -1.06. The molecule has 1 aromatic rings. The van der Waals surface area contributed by atoms with Crippen molar-refractivity contribution in [3.8, 4) is 0 Å². The molecule has 3 rings (SSSR count). The van der Waals surface area contributed by atoms with E-state index in [4.69, 9.17) is 15.6 Å². The first-order chi connectivity index (χ1) is 11.9. The van der Waals surface area contributed by atoms with Crippen LogP contribution in [0.1, 0.15) is 7.43 Å². The highest BCUT2D eigenvalue weighted by Crippen LogP contribution is 2.31. The number of nitrogens with two attached hydrogens (primary N) is 1. The molecule has 144 valence electrons. The number of carbonyl (C=O) groups is 2. The molecule has 2 aliphatic rings. The molecule has 0 radical (unpaired) electrons. The van der Waals surface area contributed by atoms with E-state index < -0.39 is 29.9 Å². The second-order valence-electron chi connectivity index (χ2n) is 5.87. The number of benzene rings is 1. The number of hydrogen-bond donors (Lipinski definition) is 2. The van der Waals surface area contributed by atoms with Gasteiger partial charge in [0.2, 0.25) is 0 Å². The SMILES string of the molecule is C.NCC1CN(c2cc(F)c(N3CCN(C(=O)O)CC3)c(F)c2)C(=O)O1. The van der Waals surface area contributed by atoms with Gasteiger partial charge in [-0.3, -0.25) is 4.90 Å². The van der Waals surface area contributed by atoms with Crippen LogP contribution in [-0.4, -0.2) is 67.6 Å². The Hall–Kier alpha value is -2.62. The van der Waals surface area contributed by atoms with E-state index in [2.05, 4.69) is 0 Å². The lowest BCUT2D eigenvalue weighted by atomic mass is 10.2. The number of nitrogens with zero attached hydrogens (tertiary/aromatic N) is 3. The van der Waals surface area contributed by atoms with Crippen molar-refractivity contribution in [1.29, 1.82) is 0 Å². The third kappa shape index (κ3) is 3.64. The van der Waals surface area contributed by atoms with Crippen LogP contribution in [0.5, 0.6) is 0 Å². The molecule has 26 heavy (non-hydrogen) atoms. The quantitative estimate of drug-likeness (QED) is 0.838. The van der Waals surface area contributed by atoms with Gasteiger partial charge in [0.15, 0.2) is 11.6 Å². The van der Waals surface area contributed by atoms with Crippen LogP contribution in [0.25, 0.3) is 0 Å². The van der Waals surface area contributed by atoms with E-state index in [9.17, 15) is 18.4 Å². The molecule has 2 amide bonds. The number of amides is 2. The molecule has 1 unspecified atom stereocenters. The van der Waals surface area contributed by atoms with E-state index in [1.54, 1.807) is 0 Å². The first kappa shape index (κ1) is 19.7. The number of cyclic esters (lactones) is 1. The normalized spacial score (nSPS) is 20.0. The number of rotatable bonds is 3. The van der Waals surface area contributed by atoms with E-state index in [1.165, 1.54) is 9.80 Å². The Morgan fingerprint density at radius 2 is 1.81 bits per heavy atom. The summed E-state index contributed by atoms with van der Waals surface area (Å²) in [7, 11) is 0. The van der Waals surface area contributed by atoms with Crippen molar-refractivity contribution in [2.45, 2.75) is 13.5 Å². The van der Waals surface area contributed by atoms with Gasteiger partial charge in [-0.2, -0.15) is 0 Å². The fraction of sp³-hybridized carbons (Fsp3) is 0.500. The molecule has 0 spiro atoms. The van der Waals surface area contributed by atoms with E-state index in [0.29, 0.717) is 0 Å². The van der Waals surface area contributed by atoms with Crippen LogP contribution in [0.3, 0.4) is 0 Å². The number of anilines is 2. The molecule has 10 heteroatoms. The summed E-state index contributed by atoms with van der Waals surface area (Å²) in [5.41, 5.74) is 5.28. The Kier molecular flexibility index (Phi) is 5.86. The molecule has 2 fully saturated rings. The van der Waals surface area contributed by atoms with Crippen molar-refractivity contribution in [2.24, 2.45) is 5.73 Å². The topological polar surface area (TPSA) is 99.3 Å². The van der Waals surface area contributed by atoms with Crippen molar-refractivity contribution in [3.63, 3.8) is 0 Å². The van der Waals surface area contributed by atoms with E-state index in [-0.39, 0.29) is 58.1 Å². The van der Waals surface area contributed by atoms with Gasteiger partial charge in [-0.05, 0) is 0 Å². The average Bonchev–Trinajstić information content (AvgIpc) is 2.95. The molecule has 2 saturated heterocycles. The lowest BCUT2D eigenvalue weighted by molar-refractivity contribution is 0.142. The Balaban J connectivity index is 0.00000243. The lowest BCUT2D eigenvalue weighted by Gasteiger charge is -2.35. The first-order valence-corrected chi connectivity index (χ1v) is 7.80. The maximum Gasteiger partial charge on any atom is 0.414 e. The predicted octanol–water partition coefficient (Wildman–Crippen LogP) is 1.68. The van der Waals surface area contributed by atoms with Crippen molar-refractivity contribution in [1.82, 2.24) is 4.90 Å². The monoisotopic (exact) mass is 372 g/mol. The molecule has 0 saturated carbocycles. The molecule has 1 aromatic carbocycles. The van der Waals surface area contributed by atoms with Crippen molar-refractivity contribution in [2.75, 3.05) is 49.1 Å². The zero-order valence-electron chi connectivity index (χ0n) is 13.3. The highest BCUT2D eigenvalue weighted by Gasteiger charge is 2.33. The highest BCUT2D eigenvalue weighted by molar-refractivity contribution is 5.90. The summed E-state index contributed by atoms with van der Waals surface area (Å²) in [6.45, 7) is 0.935. The number of carbonyl (C=O) groups excluding carboxylic acids is 1. The summed E-state index contributed by atoms with van der Waals surface area (Å²) >= 11 is 0. The Bertz CT molecular complexity index is 672. The molecule has 0 aromatic heterocycles. The molecule has 1 atom stereocenters. The highest BCUT2D eigenvalue weighted by atomic mass is 19.1. The van der Waals surface area contributed by atoms with Crippen LogP contribution in [0.2, 0.25) is 0 Å². The molecule has 2 aliphatic heterocycles.